The molecule has 0 fully saturated rings. The summed E-state index contributed by atoms with van der Waals surface area (Å²) in [5.41, 5.74) is 1.51. The molecule has 0 nitrogen and oxygen atoms in total. The van der Waals surface area contributed by atoms with Gasteiger partial charge in [-0.2, -0.15) is 0 Å². The Morgan fingerprint density at radius 2 is 1.89 bits per heavy atom. The van der Waals surface area contributed by atoms with Crippen LogP contribution in [0.5, 0.6) is 0 Å². The molecule has 1 rings (SSSR count). The first-order chi connectivity index (χ1) is 3.29. The van der Waals surface area contributed by atoms with Gasteiger partial charge in [-0.3, -0.25) is 0 Å². The molecule has 3 heteroatoms. The second-order valence-electron chi connectivity index (χ2n) is 1.88. The van der Waals surface area contributed by atoms with Crippen LogP contribution in [0.3, 0.4) is 0 Å². The van der Waals surface area contributed by atoms with E-state index in [1.807, 2.05) is 0 Å². The maximum absolute atomic E-state index is 2.22. The van der Waals surface area contributed by atoms with Crippen LogP contribution in [0.15, 0.2) is 21.0 Å². The van der Waals surface area contributed by atoms with Gasteiger partial charge in [0.15, 0.2) is 0 Å². The Hall–Kier alpha value is 0.943. The predicted molar refractivity (Wildman–Crippen MR) is 41.0 cm³/mol. The number of hydrogen-bond acceptors (Lipinski definition) is 0. The second kappa shape index (κ2) is 5.71. The first kappa shape index (κ1) is 12.6. The molecule has 0 aromatic rings. The molecule has 0 N–H and O–H groups in total. The monoisotopic (exact) mass is 241 g/mol. The summed E-state index contributed by atoms with van der Waals surface area (Å²) in [6, 6.07) is 0. The predicted octanol–water partition coefficient (Wildman–Crippen LogP) is 2.61. The summed E-state index contributed by atoms with van der Waals surface area (Å²) in [6.07, 6.45) is 5.65. The van der Waals surface area contributed by atoms with E-state index in [0.717, 1.165) is 0 Å². The fraction of sp³-hybridized carbons (Fsp3) is 0.333. The molecular formula is C6H9Cl2Zr. The molecule has 0 radical (unpaired) electrons. The Balaban J connectivity index is 0. The smallest absolute Gasteiger partial charge is 0.147 e. The van der Waals surface area contributed by atoms with E-state index in [2.05, 4.69) is 19.1 Å². The third-order valence-corrected chi connectivity index (χ3v) is 1.88. The average molecular weight is 243 g/mol. The quantitative estimate of drug-likeness (QED) is 0.613. The third kappa shape index (κ3) is 4.36. The summed E-state index contributed by atoms with van der Waals surface area (Å²) < 4.78 is 1.57. The Morgan fingerprint density at radius 3 is 2.00 bits per heavy atom. The van der Waals surface area contributed by atoms with Crippen molar-refractivity contribution in [2.24, 2.45) is 0 Å². The van der Waals surface area contributed by atoms with Crippen LogP contribution in [0.2, 0.25) is 0 Å². The molecule has 1 aliphatic rings. The van der Waals surface area contributed by atoms with Crippen LogP contribution >= 0.6 is 24.8 Å². The zero-order chi connectivity index (χ0) is 5.28. The molecule has 0 amide bonds. The molecule has 1 aliphatic carbocycles. The van der Waals surface area contributed by atoms with E-state index in [1.165, 1.54) is 12.0 Å². The summed E-state index contributed by atoms with van der Waals surface area (Å²) in [5, 5.41) is 0. The minimum absolute atomic E-state index is 0. The van der Waals surface area contributed by atoms with Crippen LogP contribution in [-0.4, -0.2) is 0 Å². The van der Waals surface area contributed by atoms with Crippen LogP contribution in [0.25, 0.3) is 0 Å². The second-order valence-corrected chi connectivity index (χ2v) is 3.46. The standard InChI is InChI=1S/C6H7.2ClH.Zr/c1-6-4-2-3-5-6;;;/h2,4H,5H2,1H3;2*1H;. The van der Waals surface area contributed by atoms with Gasteiger partial charge >= 0.3 is 59.1 Å². The number of halogens is 2. The van der Waals surface area contributed by atoms with Crippen LogP contribution in [0.1, 0.15) is 13.3 Å². The first-order valence-corrected chi connectivity index (χ1v) is 3.60. The van der Waals surface area contributed by atoms with Gasteiger partial charge in [0.25, 0.3) is 0 Å². The molecule has 51 valence electrons. The van der Waals surface area contributed by atoms with Crippen molar-refractivity contribution in [1.82, 2.24) is 0 Å². The van der Waals surface area contributed by atoms with Crippen molar-refractivity contribution in [1.29, 1.82) is 0 Å². The minimum atomic E-state index is 0. The Labute approximate surface area is 83.5 Å². The molecule has 0 saturated carbocycles. The summed E-state index contributed by atoms with van der Waals surface area (Å²) in [7, 11) is 0. The van der Waals surface area contributed by atoms with E-state index < -0.39 is 0 Å². The summed E-state index contributed by atoms with van der Waals surface area (Å²) >= 11 is 1.57. The molecule has 0 atom stereocenters. The van der Waals surface area contributed by atoms with E-state index in [1.54, 1.807) is 28.0 Å². The van der Waals surface area contributed by atoms with Gasteiger partial charge in [0.2, 0.25) is 0 Å². The van der Waals surface area contributed by atoms with Crippen molar-refractivity contribution in [3.63, 3.8) is 0 Å². The third-order valence-electron chi connectivity index (χ3n) is 1.04. The average Bonchev–Trinajstić information content (AvgIpc) is 1.87. The molecule has 9 heavy (non-hydrogen) atoms. The van der Waals surface area contributed by atoms with Crippen LogP contribution in [0.4, 0.5) is 0 Å². The molecule has 0 unspecified atom stereocenters. The van der Waals surface area contributed by atoms with Gasteiger partial charge in [-0.25, -0.2) is 0 Å². The van der Waals surface area contributed by atoms with Gasteiger partial charge in [-0.15, -0.1) is 24.8 Å². The summed E-state index contributed by atoms with van der Waals surface area (Å²) in [5.74, 6) is 0. The normalized spacial score (nSPS) is 14.7. The number of rotatable bonds is 0. The molecule has 0 aromatic carbocycles. The van der Waals surface area contributed by atoms with E-state index in [9.17, 15) is 0 Å². The van der Waals surface area contributed by atoms with Crippen molar-refractivity contribution in [3.05, 3.63) is 21.0 Å². The molecular weight excluding hydrogens is 234 g/mol. The van der Waals surface area contributed by atoms with Gasteiger partial charge in [-0.05, 0) is 0 Å². The fourth-order valence-corrected chi connectivity index (χ4v) is 1.55. The fourth-order valence-electron chi connectivity index (χ4n) is 0.661. The van der Waals surface area contributed by atoms with Crippen molar-refractivity contribution in [3.8, 4) is 0 Å². The Bertz CT molecular complexity index is 122. The van der Waals surface area contributed by atoms with Crippen LogP contribution < -0.4 is 0 Å². The first-order valence-electron chi connectivity index (χ1n) is 2.37. The minimum Gasteiger partial charge on any atom is -0.147 e. The zero-order valence-corrected chi connectivity index (χ0v) is 9.27. The van der Waals surface area contributed by atoms with Crippen molar-refractivity contribution in [2.45, 2.75) is 13.3 Å². The van der Waals surface area contributed by atoms with E-state index in [-0.39, 0.29) is 24.8 Å². The van der Waals surface area contributed by atoms with Gasteiger partial charge < -0.3 is 0 Å². The van der Waals surface area contributed by atoms with E-state index in [0.29, 0.717) is 0 Å². The van der Waals surface area contributed by atoms with Crippen molar-refractivity contribution in [2.75, 3.05) is 0 Å². The van der Waals surface area contributed by atoms with Crippen LogP contribution in [0, 0.1) is 0 Å². The molecule has 0 spiro atoms. The molecule has 0 aliphatic heterocycles. The zero-order valence-electron chi connectivity index (χ0n) is 5.18. The maximum Gasteiger partial charge on any atom is -0.147 e. The molecule has 0 heterocycles. The molecule has 0 saturated heterocycles. The number of hydrogen-bond donors (Lipinski definition) is 0. The topological polar surface area (TPSA) is 0 Å². The summed E-state index contributed by atoms with van der Waals surface area (Å²) in [4.78, 5) is 0. The number of allylic oxidation sites excluding steroid dienone is 4. The summed E-state index contributed by atoms with van der Waals surface area (Å²) in [6.45, 7) is 2.17. The SMILES string of the molecule is CC1=CC=[C]([Zr])C1.Cl.Cl. The molecule has 0 aromatic heterocycles. The van der Waals surface area contributed by atoms with Gasteiger partial charge in [0.05, 0.1) is 0 Å². The Morgan fingerprint density at radius 1 is 1.33 bits per heavy atom. The van der Waals surface area contributed by atoms with Crippen molar-refractivity contribution >= 4 is 24.8 Å². The van der Waals surface area contributed by atoms with Crippen molar-refractivity contribution < 1.29 is 24.7 Å². The molecule has 0 bridgehead atoms. The van der Waals surface area contributed by atoms with Gasteiger partial charge in [-0.1, -0.05) is 0 Å². The Kier molecular flexibility index (Phi) is 7.99. The maximum atomic E-state index is 2.22. The largest absolute Gasteiger partial charge is 0.147 e. The van der Waals surface area contributed by atoms with E-state index in [4.69, 9.17) is 0 Å². The van der Waals surface area contributed by atoms with Gasteiger partial charge in [0, 0.05) is 0 Å². The van der Waals surface area contributed by atoms with Gasteiger partial charge in [0.1, 0.15) is 0 Å². The van der Waals surface area contributed by atoms with E-state index >= 15 is 0 Å². The van der Waals surface area contributed by atoms with Crippen LogP contribution in [-0.2, 0) is 24.7 Å².